The van der Waals surface area contributed by atoms with Gasteiger partial charge in [0, 0.05) is 26.1 Å². The summed E-state index contributed by atoms with van der Waals surface area (Å²) in [4.78, 5) is 13.7. The quantitative estimate of drug-likeness (QED) is 0.746. The highest BCUT2D eigenvalue weighted by molar-refractivity contribution is 5.76. The molecule has 0 spiro atoms. The summed E-state index contributed by atoms with van der Waals surface area (Å²) in [6.07, 6.45) is 2.93. The lowest BCUT2D eigenvalue weighted by atomic mass is 9.93. The Morgan fingerprint density at radius 1 is 1.41 bits per heavy atom. The topological polar surface area (TPSA) is 49.8 Å². The molecule has 0 bridgehead atoms. The number of piperidine rings is 1. The van der Waals surface area contributed by atoms with Crippen LogP contribution in [0.25, 0.3) is 0 Å². The minimum atomic E-state index is -0.586. The standard InChI is InChI=1S/C13H25NO3/c1-11(2)17-10-4-5-12(15)14-8-6-13(3,16)7-9-14/h11,16H,4-10H2,1-3H3. The molecule has 0 atom stereocenters. The van der Waals surface area contributed by atoms with E-state index in [4.69, 9.17) is 4.74 Å². The molecule has 1 heterocycles. The van der Waals surface area contributed by atoms with Gasteiger partial charge in [0.25, 0.3) is 0 Å². The fourth-order valence-corrected chi connectivity index (χ4v) is 1.94. The highest BCUT2D eigenvalue weighted by Crippen LogP contribution is 2.21. The molecule has 1 rings (SSSR count). The zero-order chi connectivity index (χ0) is 12.9. The number of likely N-dealkylation sites (tertiary alicyclic amines) is 1. The van der Waals surface area contributed by atoms with E-state index in [0.29, 0.717) is 39.0 Å². The van der Waals surface area contributed by atoms with Crippen LogP contribution >= 0.6 is 0 Å². The van der Waals surface area contributed by atoms with Crippen molar-refractivity contribution in [3.63, 3.8) is 0 Å². The number of ether oxygens (including phenoxy) is 1. The fraction of sp³-hybridized carbons (Fsp3) is 0.923. The van der Waals surface area contributed by atoms with E-state index < -0.39 is 5.60 Å². The molecular formula is C13H25NO3. The van der Waals surface area contributed by atoms with Gasteiger partial charge in [-0.3, -0.25) is 4.79 Å². The number of rotatable bonds is 5. The van der Waals surface area contributed by atoms with Crippen LogP contribution in [0.3, 0.4) is 0 Å². The van der Waals surface area contributed by atoms with Crippen molar-refractivity contribution in [2.45, 2.75) is 58.2 Å². The highest BCUT2D eigenvalue weighted by Gasteiger charge is 2.29. The van der Waals surface area contributed by atoms with Gasteiger partial charge in [0.15, 0.2) is 0 Å². The molecule has 0 radical (unpaired) electrons. The minimum Gasteiger partial charge on any atom is -0.390 e. The molecule has 17 heavy (non-hydrogen) atoms. The molecule has 1 fully saturated rings. The van der Waals surface area contributed by atoms with E-state index >= 15 is 0 Å². The van der Waals surface area contributed by atoms with E-state index in [1.54, 1.807) is 0 Å². The molecule has 1 aliphatic rings. The van der Waals surface area contributed by atoms with E-state index in [2.05, 4.69) is 0 Å². The van der Waals surface area contributed by atoms with Gasteiger partial charge in [-0.1, -0.05) is 0 Å². The van der Waals surface area contributed by atoms with Crippen molar-refractivity contribution >= 4 is 5.91 Å². The Labute approximate surface area is 104 Å². The fourth-order valence-electron chi connectivity index (χ4n) is 1.94. The number of hydrogen-bond donors (Lipinski definition) is 1. The third-order valence-corrected chi connectivity index (χ3v) is 3.18. The van der Waals surface area contributed by atoms with Crippen LogP contribution in [-0.2, 0) is 9.53 Å². The molecular weight excluding hydrogens is 218 g/mol. The Kier molecular flexibility index (Phi) is 5.40. The average Bonchev–Trinajstić information content (AvgIpc) is 2.23. The van der Waals surface area contributed by atoms with E-state index in [1.807, 2.05) is 25.7 Å². The molecule has 0 aromatic carbocycles. The summed E-state index contributed by atoms with van der Waals surface area (Å²) in [6.45, 7) is 7.83. The highest BCUT2D eigenvalue weighted by atomic mass is 16.5. The third kappa shape index (κ3) is 5.50. The summed E-state index contributed by atoms with van der Waals surface area (Å²) in [5, 5.41) is 9.79. The molecule has 1 saturated heterocycles. The van der Waals surface area contributed by atoms with Crippen LogP contribution in [0.4, 0.5) is 0 Å². The Morgan fingerprint density at radius 3 is 2.53 bits per heavy atom. The maximum atomic E-state index is 11.8. The molecule has 0 aromatic rings. The number of aliphatic hydroxyl groups is 1. The smallest absolute Gasteiger partial charge is 0.222 e. The van der Waals surface area contributed by atoms with Gasteiger partial charge < -0.3 is 14.7 Å². The molecule has 100 valence electrons. The van der Waals surface area contributed by atoms with Crippen molar-refractivity contribution in [3.05, 3.63) is 0 Å². The lowest BCUT2D eigenvalue weighted by Crippen LogP contribution is -2.45. The van der Waals surface area contributed by atoms with Crippen molar-refractivity contribution in [2.24, 2.45) is 0 Å². The zero-order valence-electron chi connectivity index (χ0n) is 11.2. The molecule has 0 aromatic heterocycles. The van der Waals surface area contributed by atoms with Crippen LogP contribution in [0.2, 0.25) is 0 Å². The second-order valence-corrected chi connectivity index (χ2v) is 5.40. The van der Waals surface area contributed by atoms with Crippen LogP contribution in [0, 0.1) is 0 Å². The van der Waals surface area contributed by atoms with Gasteiger partial charge in [-0.05, 0) is 40.0 Å². The van der Waals surface area contributed by atoms with Crippen molar-refractivity contribution in [1.82, 2.24) is 4.90 Å². The lowest BCUT2D eigenvalue weighted by molar-refractivity contribution is -0.135. The second-order valence-electron chi connectivity index (χ2n) is 5.40. The van der Waals surface area contributed by atoms with Gasteiger partial charge in [-0.2, -0.15) is 0 Å². The Balaban J connectivity index is 2.16. The summed E-state index contributed by atoms with van der Waals surface area (Å²) in [5.41, 5.74) is -0.586. The van der Waals surface area contributed by atoms with E-state index in [9.17, 15) is 9.90 Å². The summed E-state index contributed by atoms with van der Waals surface area (Å²) in [5.74, 6) is 0.188. The van der Waals surface area contributed by atoms with Crippen LogP contribution in [-0.4, -0.2) is 47.3 Å². The Bertz CT molecular complexity index is 241. The van der Waals surface area contributed by atoms with E-state index in [1.165, 1.54) is 0 Å². The first-order valence-electron chi connectivity index (χ1n) is 6.52. The molecule has 1 amide bonds. The zero-order valence-corrected chi connectivity index (χ0v) is 11.2. The Morgan fingerprint density at radius 2 is 2.00 bits per heavy atom. The Hall–Kier alpha value is -0.610. The number of amides is 1. The number of hydrogen-bond acceptors (Lipinski definition) is 3. The monoisotopic (exact) mass is 243 g/mol. The first kappa shape index (κ1) is 14.5. The molecule has 1 N–H and O–H groups in total. The van der Waals surface area contributed by atoms with Crippen molar-refractivity contribution in [3.8, 4) is 0 Å². The van der Waals surface area contributed by atoms with E-state index in [0.717, 1.165) is 6.42 Å². The maximum absolute atomic E-state index is 11.8. The van der Waals surface area contributed by atoms with Crippen LogP contribution in [0.5, 0.6) is 0 Å². The molecule has 4 nitrogen and oxygen atoms in total. The van der Waals surface area contributed by atoms with E-state index in [-0.39, 0.29) is 12.0 Å². The molecule has 4 heteroatoms. The number of carbonyl (C=O) groups excluding carboxylic acids is 1. The predicted octanol–water partition coefficient (Wildman–Crippen LogP) is 1.57. The second kappa shape index (κ2) is 6.36. The van der Waals surface area contributed by atoms with Gasteiger partial charge >= 0.3 is 0 Å². The SMILES string of the molecule is CC(C)OCCCC(=O)N1CCC(C)(O)CC1. The predicted molar refractivity (Wildman–Crippen MR) is 66.8 cm³/mol. The molecule has 0 saturated carbocycles. The molecule has 0 unspecified atom stereocenters. The maximum Gasteiger partial charge on any atom is 0.222 e. The minimum absolute atomic E-state index is 0.188. The summed E-state index contributed by atoms with van der Waals surface area (Å²) < 4.78 is 5.40. The average molecular weight is 243 g/mol. The van der Waals surface area contributed by atoms with Gasteiger partial charge in [-0.15, -0.1) is 0 Å². The van der Waals surface area contributed by atoms with Gasteiger partial charge in [0.2, 0.25) is 5.91 Å². The van der Waals surface area contributed by atoms with Crippen molar-refractivity contribution in [2.75, 3.05) is 19.7 Å². The summed E-state index contributed by atoms with van der Waals surface area (Å²) in [6, 6.07) is 0. The number of nitrogens with zero attached hydrogens (tertiary/aromatic N) is 1. The van der Waals surface area contributed by atoms with Crippen LogP contribution in [0.1, 0.15) is 46.5 Å². The molecule has 0 aliphatic carbocycles. The third-order valence-electron chi connectivity index (χ3n) is 3.18. The van der Waals surface area contributed by atoms with Gasteiger partial charge in [0.05, 0.1) is 11.7 Å². The number of carbonyl (C=O) groups is 1. The first-order valence-corrected chi connectivity index (χ1v) is 6.52. The summed E-state index contributed by atoms with van der Waals surface area (Å²) >= 11 is 0. The van der Waals surface area contributed by atoms with Crippen LogP contribution in [0.15, 0.2) is 0 Å². The normalized spacial score (nSPS) is 19.7. The molecule has 1 aliphatic heterocycles. The largest absolute Gasteiger partial charge is 0.390 e. The van der Waals surface area contributed by atoms with Gasteiger partial charge in [0.1, 0.15) is 0 Å². The lowest BCUT2D eigenvalue weighted by Gasteiger charge is -2.35. The van der Waals surface area contributed by atoms with Crippen molar-refractivity contribution < 1.29 is 14.6 Å². The summed E-state index contributed by atoms with van der Waals surface area (Å²) in [7, 11) is 0. The van der Waals surface area contributed by atoms with Gasteiger partial charge in [-0.25, -0.2) is 0 Å². The van der Waals surface area contributed by atoms with Crippen molar-refractivity contribution in [1.29, 1.82) is 0 Å². The first-order chi connectivity index (χ1) is 7.91. The van der Waals surface area contributed by atoms with Crippen LogP contribution < -0.4 is 0 Å².